The lowest BCUT2D eigenvalue weighted by molar-refractivity contribution is 0.0571. The molecule has 1 aliphatic rings. The van der Waals surface area contributed by atoms with E-state index in [4.69, 9.17) is 9.84 Å². The summed E-state index contributed by atoms with van der Waals surface area (Å²) in [5.74, 6) is 0.713. The largest absolute Gasteiger partial charge is 0.394 e. The van der Waals surface area contributed by atoms with Gasteiger partial charge in [0.2, 0.25) is 0 Å². The van der Waals surface area contributed by atoms with Gasteiger partial charge in [-0.3, -0.25) is 0 Å². The first-order valence-electron chi connectivity index (χ1n) is 9.59. The van der Waals surface area contributed by atoms with Crippen LogP contribution < -0.4 is 0 Å². The minimum atomic E-state index is 0.132. The van der Waals surface area contributed by atoms with E-state index in [-0.39, 0.29) is 12.7 Å². The number of rotatable bonds is 14. The molecule has 0 unspecified atom stereocenters. The topological polar surface area (TPSA) is 29.5 Å². The second-order valence-electron chi connectivity index (χ2n) is 6.92. The van der Waals surface area contributed by atoms with E-state index in [2.05, 4.69) is 6.92 Å². The molecule has 0 aliphatic carbocycles. The van der Waals surface area contributed by atoms with Crippen LogP contribution >= 0.6 is 0 Å². The van der Waals surface area contributed by atoms with Crippen LogP contribution in [0, 0.1) is 5.92 Å². The predicted molar refractivity (Wildman–Crippen MR) is 90.6 cm³/mol. The maximum Gasteiger partial charge on any atom is 0.0809 e. The highest BCUT2D eigenvalue weighted by Gasteiger charge is 2.23. The molecule has 1 aliphatic heterocycles. The summed E-state index contributed by atoms with van der Waals surface area (Å²) in [4.78, 5) is 0. The Bertz CT molecular complexity index is 218. The fraction of sp³-hybridized carbons (Fsp3) is 1.00. The quantitative estimate of drug-likeness (QED) is 0.431. The van der Waals surface area contributed by atoms with Crippen molar-refractivity contribution < 1.29 is 9.84 Å². The fourth-order valence-corrected chi connectivity index (χ4v) is 3.38. The van der Waals surface area contributed by atoms with Crippen molar-refractivity contribution in [1.29, 1.82) is 0 Å². The van der Waals surface area contributed by atoms with Crippen molar-refractivity contribution in [2.45, 2.75) is 103 Å². The Morgan fingerprint density at radius 3 is 1.81 bits per heavy atom. The van der Waals surface area contributed by atoms with Gasteiger partial charge >= 0.3 is 0 Å². The normalized spacial score (nSPS) is 22.0. The molecule has 0 aromatic carbocycles. The van der Waals surface area contributed by atoms with Crippen LogP contribution in [0.25, 0.3) is 0 Å². The van der Waals surface area contributed by atoms with Crippen molar-refractivity contribution in [3.63, 3.8) is 0 Å². The van der Waals surface area contributed by atoms with Crippen LogP contribution in [0.1, 0.15) is 96.8 Å². The first-order chi connectivity index (χ1) is 10.4. The third-order valence-electron chi connectivity index (χ3n) is 4.83. The SMILES string of the molecule is CCCCCCCCCCCCCC[C@H]1CO[C@H](CO)C1. The molecule has 0 amide bonds. The van der Waals surface area contributed by atoms with Gasteiger partial charge in [0.15, 0.2) is 0 Å². The molecular weight excluding hydrogens is 260 g/mol. The molecule has 0 bridgehead atoms. The second-order valence-corrected chi connectivity index (χ2v) is 6.92. The highest BCUT2D eigenvalue weighted by Crippen LogP contribution is 2.24. The Morgan fingerprint density at radius 2 is 1.33 bits per heavy atom. The maximum atomic E-state index is 9.03. The van der Waals surface area contributed by atoms with Crippen molar-refractivity contribution >= 4 is 0 Å². The number of unbranched alkanes of at least 4 members (excludes halogenated alkanes) is 11. The van der Waals surface area contributed by atoms with E-state index in [0.29, 0.717) is 5.92 Å². The van der Waals surface area contributed by atoms with Crippen molar-refractivity contribution in [3.8, 4) is 0 Å². The Kier molecular flexibility index (Phi) is 12.3. The van der Waals surface area contributed by atoms with Crippen LogP contribution in [0.3, 0.4) is 0 Å². The van der Waals surface area contributed by atoms with Gasteiger partial charge in [-0.25, -0.2) is 0 Å². The van der Waals surface area contributed by atoms with Gasteiger partial charge in [-0.15, -0.1) is 0 Å². The zero-order valence-electron chi connectivity index (χ0n) is 14.3. The van der Waals surface area contributed by atoms with Gasteiger partial charge in [0, 0.05) is 6.61 Å². The molecule has 1 fully saturated rings. The van der Waals surface area contributed by atoms with Crippen molar-refractivity contribution in [1.82, 2.24) is 0 Å². The summed E-state index contributed by atoms with van der Waals surface area (Å²) < 4.78 is 5.52. The molecule has 0 aromatic rings. The first kappa shape index (κ1) is 19.0. The van der Waals surface area contributed by atoms with Crippen molar-refractivity contribution in [2.75, 3.05) is 13.2 Å². The summed E-state index contributed by atoms with van der Waals surface area (Å²) in [5, 5.41) is 9.03. The van der Waals surface area contributed by atoms with Crippen LogP contribution in [-0.2, 0) is 4.74 Å². The molecule has 2 atom stereocenters. The Labute approximate surface area is 132 Å². The van der Waals surface area contributed by atoms with E-state index < -0.39 is 0 Å². The molecular formula is C19H38O2. The molecule has 0 radical (unpaired) electrons. The minimum absolute atomic E-state index is 0.132. The fourth-order valence-electron chi connectivity index (χ4n) is 3.38. The van der Waals surface area contributed by atoms with Crippen LogP contribution in [0.2, 0.25) is 0 Å². The summed E-state index contributed by atoms with van der Waals surface area (Å²) in [6.07, 6.45) is 19.5. The summed E-state index contributed by atoms with van der Waals surface area (Å²) in [6.45, 7) is 3.36. The summed E-state index contributed by atoms with van der Waals surface area (Å²) >= 11 is 0. The van der Waals surface area contributed by atoms with Crippen LogP contribution in [0.15, 0.2) is 0 Å². The highest BCUT2D eigenvalue weighted by atomic mass is 16.5. The molecule has 21 heavy (non-hydrogen) atoms. The zero-order chi connectivity index (χ0) is 15.2. The number of hydrogen-bond acceptors (Lipinski definition) is 2. The van der Waals surface area contributed by atoms with Crippen LogP contribution in [0.4, 0.5) is 0 Å². The molecule has 126 valence electrons. The van der Waals surface area contributed by atoms with Gasteiger partial charge in [-0.1, -0.05) is 84.0 Å². The lowest BCUT2D eigenvalue weighted by Gasteiger charge is -2.07. The summed E-state index contributed by atoms with van der Waals surface area (Å²) in [6, 6.07) is 0. The van der Waals surface area contributed by atoms with Crippen LogP contribution in [0.5, 0.6) is 0 Å². The van der Waals surface area contributed by atoms with E-state index in [0.717, 1.165) is 13.0 Å². The number of hydrogen-bond donors (Lipinski definition) is 1. The summed E-state index contributed by atoms with van der Waals surface area (Å²) in [7, 11) is 0. The third kappa shape index (κ3) is 10.3. The molecule has 1 heterocycles. The standard InChI is InChI=1S/C19H38O2/c1-2-3-4-5-6-7-8-9-10-11-12-13-14-18-15-19(16-20)21-17-18/h18-20H,2-17H2,1H3/t18-,19+/m1/s1. The monoisotopic (exact) mass is 298 g/mol. The molecule has 0 saturated carbocycles. The highest BCUT2D eigenvalue weighted by molar-refractivity contribution is 4.72. The lowest BCUT2D eigenvalue weighted by Crippen LogP contribution is -2.09. The van der Waals surface area contributed by atoms with Gasteiger partial charge < -0.3 is 9.84 Å². The second kappa shape index (κ2) is 13.6. The van der Waals surface area contributed by atoms with Gasteiger partial charge in [-0.2, -0.15) is 0 Å². The Morgan fingerprint density at radius 1 is 0.810 bits per heavy atom. The molecule has 1 saturated heterocycles. The van der Waals surface area contributed by atoms with Gasteiger partial charge in [0.1, 0.15) is 0 Å². The van der Waals surface area contributed by atoms with Crippen LogP contribution in [-0.4, -0.2) is 24.4 Å². The average molecular weight is 299 g/mol. The molecule has 0 spiro atoms. The molecule has 2 nitrogen and oxygen atoms in total. The minimum Gasteiger partial charge on any atom is -0.394 e. The van der Waals surface area contributed by atoms with E-state index in [1.165, 1.54) is 83.5 Å². The smallest absolute Gasteiger partial charge is 0.0809 e. The van der Waals surface area contributed by atoms with Gasteiger partial charge in [0.25, 0.3) is 0 Å². The number of aliphatic hydroxyl groups is 1. The first-order valence-corrected chi connectivity index (χ1v) is 9.59. The summed E-state index contributed by atoms with van der Waals surface area (Å²) in [5.41, 5.74) is 0. The van der Waals surface area contributed by atoms with E-state index in [9.17, 15) is 0 Å². The Balaban J connectivity index is 1.73. The average Bonchev–Trinajstić information content (AvgIpc) is 2.96. The lowest BCUT2D eigenvalue weighted by atomic mass is 9.97. The molecule has 1 N–H and O–H groups in total. The number of aliphatic hydroxyl groups excluding tert-OH is 1. The zero-order valence-corrected chi connectivity index (χ0v) is 14.3. The molecule has 1 rings (SSSR count). The van der Waals surface area contributed by atoms with Gasteiger partial charge in [0.05, 0.1) is 12.7 Å². The number of ether oxygens (including phenoxy) is 1. The Hall–Kier alpha value is -0.0800. The van der Waals surface area contributed by atoms with E-state index >= 15 is 0 Å². The van der Waals surface area contributed by atoms with Crippen molar-refractivity contribution in [2.24, 2.45) is 5.92 Å². The molecule has 2 heteroatoms. The third-order valence-corrected chi connectivity index (χ3v) is 4.83. The van der Waals surface area contributed by atoms with E-state index in [1.54, 1.807) is 0 Å². The van der Waals surface area contributed by atoms with E-state index in [1.807, 2.05) is 0 Å². The van der Waals surface area contributed by atoms with Gasteiger partial charge in [-0.05, 0) is 18.8 Å². The maximum absolute atomic E-state index is 9.03. The molecule has 0 aromatic heterocycles. The van der Waals surface area contributed by atoms with Crippen molar-refractivity contribution in [3.05, 3.63) is 0 Å². The predicted octanol–water partition coefficient (Wildman–Crippen LogP) is 5.48.